The molecule has 178 valence electrons. The van der Waals surface area contributed by atoms with Crippen molar-refractivity contribution in [2.24, 2.45) is 0 Å². The van der Waals surface area contributed by atoms with Crippen molar-refractivity contribution in [3.05, 3.63) is 70.6 Å². The first-order valence-corrected chi connectivity index (χ1v) is 13.9. The molecule has 2 aliphatic heterocycles. The third kappa shape index (κ3) is 5.49. The monoisotopic (exact) mass is 493 g/mol. The summed E-state index contributed by atoms with van der Waals surface area (Å²) in [5.74, 6) is 2.35. The van der Waals surface area contributed by atoms with Gasteiger partial charge in [0.25, 0.3) is 5.91 Å². The van der Waals surface area contributed by atoms with Crippen LogP contribution in [0, 0.1) is 6.92 Å². The van der Waals surface area contributed by atoms with Crippen LogP contribution in [-0.4, -0.2) is 61.7 Å². The number of hydrogen-bond acceptors (Lipinski definition) is 6. The number of nitrogens with zero attached hydrogens (tertiary/aromatic N) is 2. The summed E-state index contributed by atoms with van der Waals surface area (Å²) in [5.41, 5.74) is 5.48. The summed E-state index contributed by atoms with van der Waals surface area (Å²) in [5, 5.41) is 4.35. The number of benzene rings is 2. The van der Waals surface area contributed by atoms with E-state index in [9.17, 15) is 4.79 Å². The van der Waals surface area contributed by atoms with E-state index in [0.717, 1.165) is 78.2 Å². The van der Waals surface area contributed by atoms with Crippen molar-refractivity contribution in [1.29, 1.82) is 0 Å². The predicted octanol–water partition coefficient (Wildman–Crippen LogP) is 5.36. The number of aryl methyl sites for hydroxylation is 1. The van der Waals surface area contributed by atoms with Crippen LogP contribution in [0.15, 0.2) is 54.6 Å². The molecular formula is C27H31N3O2S2. The van der Waals surface area contributed by atoms with E-state index in [1.165, 1.54) is 17.1 Å². The van der Waals surface area contributed by atoms with Gasteiger partial charge in [-0.2, -0.15) is 11.8 Å². The van der Waals surface area contributed by atoms with Crippen molar-refractivity contribution >= 4 is 39.7 Å². The first-order chi connectivity index (χ1) is 16.7. The Labute approximate surface area is 210 Å². The minimum atomic E-state index is -0.0451. The van der Waals surface area contributed by atoms with Gasteiger partial charge in [-0.3, -0.25) is 9.69 Å². The Kier molecular flexibility index (Phi) is 7.54. The maximum Gasteiger partial charge on any atom is 0.265 e. The van der Waals surface area contributed by atoms with Gasteiger partial charge in [-0.05, 0) is 35.7 Å². The third-order valence-corrected chi connectivity index (χ3v) is 8.52. The van der Waals surface area contributed by atoms with Crippen molar-refractivity contribution in [3.63, 3.8) is 0 Å². The molecule has 3 aromatic rings. The van der Waals surface area contributed by atoms with Crippen LogP contribution in [-0.2, 0) is 11.3 Å². The van der Waals surface area contributed by atoms with Gasteiger partial charge in [0.1, 0.15) is 0 Å². The van der Waals surface area contributed by atoms with E-state index in [1.54, 1.807) is 11.3 Å². The smallest absolute Gasteiger partial charge is 0.265 e. The summed E-state index contributed by atoms with van der Waals surface area (Å²) in [6, 6.07) is 18.8. The SMILES string of the molecule is Cc1ccc(CN2CCSCC2)cc1NC(=O)c1cc(-c2ccccc2)c(N2CCOCC2)s1. The molecule has 0 bridgehead atoms. The van der Waals surface area contributed by atoms with Crippen molar-refractivity contribution < 1.29 is 9.53 Å². The number of amides is 1. The van der Waals surface area contributed by atoms with Crippen LogP contribution in [0.3, 0.4) is 0 Å². The Morgan fingerprint density at radius 2 is 1.76 bits per heavy atom. The topological polar surface area (TPSA) is 44.8 Å². The van der Waals surface area contributed by atoms with E-state index < -0.39 is 0 Å². The molecule has 3 heterocycles. The van der Waals surface area contributed by atoms with Gasteiger partial charge < -0.3 is 15.0 Å². The maximum absolute atomic E-state index is 13.4. The lowest BCUT2D eigenvalue weighted by Gasteiger charge is -2.28. The zero-order valence-electron chi connectivity index (χ0n) is 19.6. The molecule has 0 saturated carbocycles. The van der Waals surface area contributed by atoms with E-state index in [4.69, 9.17) is 4.74 Å². The highest BCUT2D eigenvalue weighted by molar-refractivity contribution is 7.99. The molecule has 1 N–H and O–H groups in total. The average molecular weight is 494 g/mol. The second kappa shape index (κ2) is 11.0. The van der Waals surface area contributed by atoms with Gasteiger partial charge in [0, 0.05) is 55.5 Å². The quantitative estimate of drug-likeness (QED) is 0.501. The molecular weight excluding hydrogens is 462 g/mol. The fourth-order valence-corrected chi connectivity index (χ4v) is 6.53. The van der Waals surface area contributed by atoms with Gasteiger partial charge in [-0.1, -0.05) is 42.5 Å². The lowest BCUT2D eigenvalue weighted by molar-refractivity contribution is 0.103. The summed E-state index contributed by atoms with van der Waals surface area (Å²) >= 11 is 3.60. The van der Waals surface area contributed by atoms with Crippen molar-refractivity contribution in [2.75, 3.05) is 61.1 Å². The van der Waals surface area contributed by atoms with Crippen LogP contribution in [0.25, 0.3) is 11.1 Å². The molecule has 5 rings (SSSR count). The minimum Gasteiger partial charge on any atom is -0.378 e. The molecule has 0 aliphatic carbocycles. The zero-order valence-corrected chi connectivity index (χ0v) is 21.2. The highest BCUT2D eigenvalue weighted by atomic mass is 32.2. The summed E-state index contributed by atoms with van der Waals surface area (Å²) in [6.45, 7) is 8.37. The molecule has 0 radical (unpaired) electrons. The number of carbonyl (C=O) groups excluding carboxylic acids is 1. The number of ether oxygens (including phenoxy) is 1. The summed E-state index contributed by atoms with van der Waals surface area (Å²) in [4.78, 5) is 19.0. The number of nitrogens with one attached hydrogen (secondary N) is 1. The van der Waals surface area contributed by atoms with E-state index >= 15 is 0 Å². The molecule has 1 aromatic heterocycles. The van der Waals surface area contributed by atoms with Gasteiger partial charge in [0.15, 0.2) is 0 Å². The predicted molar refractivity (Wildman–Crippen MR) is 145 cm³/mol. The van der Waals surface area contributed by atoms with Crippen molar-refractivity contribution in [1.82, 2.24) is 4.90 Å². The van der Waals surface area contributed by atoms with Crippen LogP contribution in [0.5, 0.6) is 0 Å². The van der Waals surface area contributed by atoms with Crippen molar-refractivity contribution in [3.8, 4) is 11.1 Å². The molecule has 2 saturated heterocycles. The van der Waals surface area contributed by atoms with Crippen LogP contribution in [0.1, 0.15) is 20.8 Å². The summed E-state index contributed by atoms with van der Waals surface area (Å²) < 4.78 is 5.56. The molecule has 1 amide bonds. The van der Waals surface area contributed by atoms with Crippen LogP contribution in [0.4, 0.5) is 10.7 Å². The van der Waals surface area contributed by atoms with Crippen LogP contribution >= 0.6 is 23.1 Å². The fraction of sp³-hybridized carbons (Fsp3) is 0.370. The molecule has 0 unspecified atom stereocenters. The highest BCUT2D eigenvalue weighted by Gasteiger charge is 2.22. The second-order valence-corrected chi connectivity index (χ2v) is 11.0. The summed E-state index contributed by atoms with van der Waals surface area (Å²) in [6.07, 6.45) is 0. The lowest BCUT2D eigenvalue weighted by atomic mass is 10.1. The van der Waals surface area contributed by atoms with Crippen molar-refractivity contribution in [2.45, 2.75) is 13.5 Å². The number of anilines is 2. The second-order valence-electron chi connectivity index (χ2n) is 8.79. The normalized spacial score (nSPS) is 17.0. The standard InChI is InChI=1S/C27H31N3O2S2/c1-20-7-8-21(19-29-11-15-33-16-12-29)17-24(20)28-26(31)25-18-23(22-5-3-2-4-6-22)27(34-25)30-9-13-32-14-10-30/h2-8,17-18H,9-16,19H2,1H3,(H,28,31). The fourth-order valence-electron chi connectivity index (χ4n) is 4.42. The van der Waals surface area contributed by atoms with E-state index in [-0.39, 0.29) is 5.91 Å². The van der Waals surface area contributed by atoms with Crippen LogP contribution < -0.4 is 10.2 Å². The maximum atomic E-state index is 13.4. The number of hydrogen-bond donors (Lipinski definition) is 1. The Bertz CT molecular complexity index is 1120. The van der Waals surface area contributed by atoms with Gasteiger partial charge in [0.2, 0.25) is 0 Å². The first-order valence-electron chi connectivity index (χ1n) is 11.9. The Morgan fingerprint density at radius 3 is 2.53 bits per heavy atom. The van der Waals surface area contributed by atoms with Crippen LogP contribution in [0.2, 0.25) is 0 Å². The van der Waals surface area contributed by atoms with E-state index in [0.29, 0.717) is 0 Å². The molecule has 0 spiro atoms. The molecule has 5 nitrogen and oxygen atoms in total. The molecule has 0 atom stereocenters. The molecule has 34 heavy (non-hydrogen) atoms. The Hall–Kier alpha value is -2.32. The number of morpholine rings is 1. The largest absolute Gasteiger partial charge is 0.378 e. The van der Waals surface area contributed by atoms with Gasteiger partial charge in [-0.25, -0.2) is 0 Å². The third-order valence-electron chi connectivity index (χ3n) is 6.38. The average Bonchev–Trinajstić information content (AvgIpc) is 3.34. The lowest BCUT2D eigenvalue weighted by Crippen LogP contribution is -2.35. The van der Waals surface area contributed by atoms with E-state index in [1.807, 2.05) is 36.0 Å². The van der Waals surface area contributed by atoms with E-state index in [2.05, 4.69) is 52.4 Å². The highest BCUT2D eigenvalue weighted by Crippen LogP contribution is 2.39. The first kappa shape index (κ1) is 23.4. The van der Waals surface area contributed by atoms with Gasteiger partial charge in [-0.15, -0.1) is 11.3 Å². The van der Waals surface area contributed by atoms with Gasteiger partial charge in [0.05, 0.1) is 23.1 Å². The number of thiophene rings is 1. The molecule has 2 fully saturated rings. The molecule has 2 aromatic carbocycles. The van der Waals surface area contributed by atoms with Gasteiger partial charge >= 0.3 is 0 Å². The Morgan fingerprint density at radius 1 is 1.00 bits per heavy atom. The molecule has 7 heteroatoms. The Balaban J connectivity index is 1.38. The number of thioether (sulfide) groups is 1. The zero-order chi connectivity index (χ0) is 23.3. The minimum absolute atomic E-state index is 0.0451. The number of carbonyl (C=O) groups is 1. The molecule has 2 aliphatic rings. The number of rotatable bonds is 6. The summed E-state index contributed by atoms with van der Waals surface area (Å²) in [7, 11) is 0.